The molecular formula is C12H21NO8. The average Bonchev–Trinajstić information content (AvgIpc) is 2.47. The highest BCUT2D eigenvalue weighted by atomic mass is 16.5. The van der Waals surface area contributed by atoms with Crippen molar-refractivity contribution in [2.75, 3.05) is 19.8 Å². The van der Waals surface area contributed by atoms with Crippen LogP contribution in [0.25, 0.3) is 0 Å². The number of rotatable bonds is 9. The van der Waals surface area contributed by atoms with E-state index in [0.29, 0.717) is 0 Å². The summed E-state index contributed by atoms with van der Waals surface area (Å²) in [6.07, 6.45) is -7.58. The molecule has 0 rings (SSSR count). The Labute approximate surface area is 121 Å². The fourth-order valence-electron chi connectivity index (χ4n) is 1.22. The predicted molar refractivity (Wildman–Crippen MR) is 69.9 cm³/mol. The van der Waals surface area contributed by atoms with Gasteiger partial charge in [-0.2, -0.15) is 0 Å². The highest BCUT2D eigenvalue weighted by Crippen LogP contribution is 2.05. The first-order chi connectivity index (χ1) is 9.72. The Hall–Kier alpha value is -1.52. The van der Waals surface area contributed by atoms with Gasteiger partial charge in [0.15, 0.2) is 6.10 Å². The molecule has 9 nitrogen and oxygen atoms in total. The van der Waals surface area contributed by atoms with Crippen LogP contribution in [0, 0.1) is 0 Å². The monoisotopic (exact) mass is 307 g/mol. The van der Waals surface area contributed by atoms with Gasteiger partial charge in [-0.15, -0.1) is 0 Å². The zero-order valence-corrected chi connectivity index (χ0v) is 11.6. The number of aliphatic hydroxyl groups is 5. The zero-order valence-electron chi connectivity index (χ0n) is 11.6. The number of esters is 1. The Kier molecular flexibility index (Phi) is 8.74. The maximum atomic E-state index is 11.4. The molecule has 0 fully saturated rings. The predicted octanol–water partition coefficient (Wildman–Crippen LogP) is -3.34. The topological polar surface area (TPSA) is 157 Å². The molecule has 0 saturated heterocycles. The minimum Gasteiger partial charge on any atom is -0.460 e. The van der Waals surface area contributed by atoms with Gasteiger partial charge in [-0.05, 0) is 6.92 Å². The fourth-order valence-corrected chi connectivity index (χ4v) is 1.22. The Morgan fingerprint density at radius 1 is 1.19 bits per heavy atom. The van der Waals surface area contributed by atoms with Crippen LogP contribution in [0.4, 0.5) is 0 Å². The third-order valence-electron chi connectivity index (χ3n) is 2.51. The Morgan fingerprint density at radius 3 is 2.24 bits per heavy atom. The molecule has 0 radical (unpaired) electrons. The number of carbonyl (C=O) groups excluding carboxylic acids is 2. The van der Waals surface area contributed by atoms with Crippen LogP contribution in [0.5, 0.6) is 0 Å². The maximum Gasteiger partial charge on any atom is 0.333 e. The number of aliphatic hydroxyl groups excluding tert-OH is 5. The van der Waals surface area contributed by atoms with Crippen molar-refractivity contribution in [3.8, 4) is 0 Å². The van der Waals surface area contributed by atoms with Crippen LogP contribution in [0.2, 0.25) is 0 Å². The van der Waals surface area contributed by atoms with Crippen LogP contribution < -0.4 is 5.32 Å². The fraction of sp³-hybridized carbons (Fsp3) is 0.667. The van der Waals surface area contributed by atoms with Gasteiger partial charge < -0.3 is 35.6 Å². The van der Waals surface area contributed by atoms with E-state index >= 15 is 0 Å². The third kappa shape index (κ3) is 6.65. The van der Waals surface area contributed by atoms with Gasteiger partial charge in [-0.3, -0.25) is 4.79 Å². The van der Waals surface area contributed by atoms with Crippen molar-refractivity contribution in [1.82, 2.24) is 5.32 Å². The molecule has 0 aromatic carbocycles. The van der Waals surface area contributed by atoms with E-state index in [2.05, 4.69) is 16.6 Å². The van der Waals surface area contributed by atoms with Gasteiger partial charge in [-0.25, -0.2) is 4.79 Å². The molecular weight excluding hydrogens is 286 g/mol. The molecule has 4 atom stereocenters. The standard InChI is InChI=1S/C12H21NO8/c1-6(2)12(20)21-4-3-13-11(19)10(18)9(17)8(16)7(15)5-14/h7-10,14-18H,1,3-5H2,2H3,(H,13,19)/t7-,8-,9+,10-/m1/s1. The Balaban J connectivity index is 4.16. The number of nitrogens with one attached hydrogen (secondary N) is 1. The number of amides is 1. The van der Waals surface area contributed by atoms with Crippen LogP contribution in [-0.4, -0.2) is 81.6 Å². The SMILES string of the molecule is C=C(C)C(=O)OCCNC(=O)[C@H](O)[C@@H](O)[C@H](O)[C@H](O)CO. The van der Waals surface area contributed by atoms with Crippen molar-refractivity contribution in [2.45, 2.75) is 31.3 Å². The summed E-state index contributed by atoms with van der Waals surface area (Å²) in [5, 5.41) is 48.1. The van der Waals surface area contributed by atoms with Gasteiger partial charge >= 0.3 is 5.97 Å². The van der Waals surface area contributed by atoms with Crippen molar-refractivity contribution in [1.29, 1.82) is 0 Å². The molecule has 0 aliphatic heterocycles. The zero-order chi connectivity index (χ0) is 16.6. The highest BCUT2D eigenvalue weighted by molar-refractivity contribution is 5.87. The minimum absolute atomic E-state index is 0.125. The molecule has 122 valence electrons. The lowest BCUT2D eigenvalue weighted by atomic mass is 10.0. The smallest absolute Gasteiger partial charge is 0.333 e. The molecule has 21 heavy (non-hydrogen) atoms. The molecule has 0 aromatic rings. The van der Waals surface area contributed by atoms with E-state index in [1.165, 1.54) is 6.92 Å². The molecule has 0 bridgehead atoms. The first-order valence-corrected chi connectivity index (χ1v) is 6.15. The maximum absolute atomic E-state index is 11.4. The summed E-state index contributed by atoms with van der Waals surface area (Å²) in [4.78, 5) is 22.5. The van der Waals surface area contributed by atoms with Crippen molar-refractivity contribution in [2.24, 2.45) is 0 Å². The Morgan fingerprint density at radius 2 is 1.76 bits per heavy atom. The van der Waals surface area contributed by atoms with Crippen LogP contribution in [0.15, 0.2) is 12.2 Å². The molecule has 0 spiro atoms. The van der Waals surface area contributed by atoms with Crippen LogP contribution >= 0.6 is 0 Å². The van der Waals surface area contributed by atoms with Gasteiger partial charge in [0.1, 0.15) is 24.9 Å². The van der Waals surface area contributed by atoms with Gasteiger partial charge in [0.25, 0.3) is 5.91 Å². The van der Waals surface area contributed by atoms with E-state index in [9.17, 15) is 24.9 Å². The average molecular weight is 307 g/mol. The summed E-state index contributed by atoms with van der Waals surface area (Å²) in [5.74, 6) is -1.66. The first-order valence-electron chi connectivity index (χ1n) is 6.15. The molecule has 0 heterocycles. The lowest BCUT2D eigenvalue weighted by molar-refractivity contribution is -0.149. The largest absolute Gasteiger partial charge is 0.460 e. The molecule has 0 saturated carbocycles. The second-order valence-electron chi connectivity index (χ2n) is 4.38. The molecule has 6 N–H and O–H groups in total. The van der Waals surface area contributed by atoms with Crippen molar-refractivity contribution in [3.05, 3.63) is 12.2 Å². The second-order valence-corrected chi connectivity index (χ2v) is 4.38. The Bertz CT molecular complexity index is 372. The summed E-state index contributed by atoms with van der Waals surface area (Å²) in [7, 11) is 0. The van der Waals surface area contributed by atoms with Crippen LogP contribution in [0.3, 0.4) is 0 Å². The quantitative estimate of drug-likeness (QED) is 0.147. The van der Waals surface area contributed by atoms with E-state index in [1.54, 1.807) is 0 Å². The second kappa shape index (κ2) is 9.42. The summed E-state index contributed by atoms with van der Waals surface area (Å²) in [6, 6.07) is 0. The van der Waals surface area contributed by atoms with E-state index in [1.807, 2.05) is 0 Å². The van der Waals surface area contributed by atoms with Gasteiger partial charge in [0.2, 0.25) is 0 Å². The molecule has 0 aliphatic carbocycles. The third-order valence-corrected chi connectivity index (χ3v) is 2.51. The normalized spacial score (nSPS) is 16.5. The summed E-state index contributed by atoms with van der Waals surface area (Å²) in [5.41, 5.74) is 0.192. The van der Waals surface area contributed by atoms with E-state index in [4.69, 9.17) is 10.2 Å². The van der Waals surface area contributed by atoms with E-state index in [0.717, 1.165) is 0 Å². The molecule has 0 aliphatic rings. The summed E-state index contributed by atoms with van der Waals surface area (Å²) >= 11 is 0. The molecule has 0 aromatic heterocycles. The summed E-state index contributed by atoms with van der Waals surface area (Å²) < 4.78 is 4.68. The summed E-state index contributed by atoms with van der Waals surface area (Å²) in [6.45, 7) is 3.68. The van der Waals surface area contributed by atoms with E-state index in [-0.39, 0.29) is 18.7 Å². The van der Waals surface area contributed by atoms with E-state index < -0.39 is 42.9 Å². The van der Waals surface area contributed by atoms with Crippen LogP contribution in [0.1, 0.15) is 6.92 Å². The van der Waals surface area contributed by atoms with Crippen molar-refractivity contribution >= 4 is 11.9 Å². The number of hydrogen-bond donors (Lipinski definition) is 6. The van der Waals surface area contributed by atoms with Gasteiger partial charge in [0.05, 0.1) is 13.2 Å². The lowest BCUT2D eigenvalue weighted by Crippen LogP contribution is -2.52. The number of hydrogen-bond acceptors (Lipinski definition) is 8. The van der Waals surface area contributed by atoms with Crippen molar-refractivity contribution in [3.63, 3.8) is 0 Å². The van der Waals surface area contributed by atoms with Gasteiger partial charge in [0, 0.05) is 5.57 Å². The number of carbonyl (C=O) groups is 2. The lowest BCUT2D eigenvalue weighted by Gasteiger charge is -2.24. The molecule has 1 amide bonds. The molecule has 0 unspecified atom stereocenters. The first kappa shape index (κ1) is 19.5. The highest BCUT2D eigenvalue weighted by Gasteiger charge is 2.33. The van der Waals surface area contributed by atoms with Crippen LogP contribution in [-0.2, 0) is 14.3 Å². The van der Waals surface area contributed by atoms with Crippen molar-refractivity contribution < 1.29 is 39.9 Å². The minimum atomic E-state index is -2.02. The number of ether oxygens (including phenoxy) is 1. The van der Waals surface area contributed by atoms with Gasteiger partial charge in [-0.1, -0.05) is 6.58 Å². The molecule has 9 heteroatoms.